The van der Waals surface area contributed by atoms with Crippen LogP contribution in [0.3, 0.4) is 0 Å². The fraction of sp³-hybridized carbons (Fsp3) is 0.273. The van der Waals surface area contributed by atoms with Gasteiger partial charge in [0.1, 0.15) is 6.10 Å². The summed E-state index contributed by atoms with van der Waals surface area (Å²) in [5.74, 6) is -0.117. The molecule has 1 unspecified atom stereocenters. The van der Waals surface area contributed by atoms with E-state index in [9.17, 15) is 4.79 Å². The smallest absolute Gasteiger partial charge is 0.310 e. The maximum Gasteiger partial charge on any atom is 0.310 e. The number of esters is 1. The first kappa shape index (κ1) is 8.12. The van der Waals surface area contributed by atoms with Crippen LogP contribution in [0.15, 0.2) is 34.9 Å². The Morgan fingerprint density at radius 1 is 1.50 bits per heavy atom. The van der Waals surface area contributed by atoms with Gasteiger partial charge in [-0.1, -0.05) is 24.4 Å². The van der Waals surface area contributed by atoms with Crippen LogP contribution in [-0.2, 0) is 9.53 Å². The molecule has 3 rings (SSSR count). The number of rotatable bonds is 0. The molecule has 3 aliphatic rings. The number of hydrogen-bond donors (Lipinski definition) is 0. The van der Waals surface area contributed by atoms with Crippen molar-refractivity contribution in [3.8, 4) is 0 Å². The average Bonchev–Trinajstić information content (AvgIpc) is 2.60. The highest BCUT2D eigenvalue weighted by molar-refractivity contribution is 7.81. The van der Waals surface area contributed by atoms with Crippen molar-refractivity contribution >= 4 is 23.1 Å². The van der Waals surface area contributed by atoms with Crippen molar-refractivity contribution in [1.29, 1.82) is 0 Å². The Bertz CT molecular complexity index is 440. The molecule has 0 aromatic rings. The van der Waals surface area contributed by atoms with Crippen LogP contribution < -0.4 is 0 Å². The van der Waals surface area contributed by atoms with Crippen molar-refractivity contribution in [3.05, 3.63) is 34.9 Å². The minimum absolute atomic E-state index is 0.0263. The third kappa shape index (κ3) is 0.960. The van der Waals surface area contributed by atoms with Crippen molar-refractivity contribution < 1.29 is 9.53 Å². The van der Waals surface area contributed by atoms with Gasteiger partial charge < -0.3 is 4.74 Å². The van der Waals surface area contributed by atoms with Crippen LogP contribution in [0.25, 0.3) is 0 Å². The molecule has 0 amide bonds. The summed E-state index contributed by atoms with van der Waals surface area (Å²) >= 11 is 5.25. The second kappa shape index (κ2) is 2.64. The fourth-order valence-electron chi connectivity index (χ4n) is 2.27. The minimum atomic E-state index is -0.117. The van der Waals surface area contributed by atoms with Gasteiger partial charge in [-0.05, 0) is 22.8 Å². The molecule has 0 radical (unpaired) electrons. The van der Waals surface area contributed by atoms with Gasteiger partial charge in [-0.3, -0.25) is 4.79 Å². The number of allylic oxidation sites excluding steroid dienone is 4. The van der Waals surface area contributed by atoms with Gasteiger partial charge in [0.15, 0.2) is 0 Å². The highest BCUT2D eigenvalue weighted by Gasteiger charge is 2.39. The Labute approximate surface area is 86.9 Å². The summed E-state index contributed by atoms with van der Waals surface area (Å²) < 4.78 is 5.20. The zero-order valence-corrected chi connectivity index (χ0v) is 8.26. The molecule has 2 nitrogen and oxygen atoms in total. The van der Waals surface area contributed by atoms with E-state index in [-0.39, 0.29) is 12.1 Å². The second-order valence-electron chi connectivity index (χ2n) is 3.67. The molecule has 1 atom stereocenters. The molecule has 1 aliphatic heterocycles. The van der Waals surface area contributed by atoms with E-state index in [0.717, 1.165) is 22.4 Å². The predicted molar refractivity (Wildman–Crippen MR) is 56.0 cm³/mol. The van der Waals surface area contributed by atoms with Gasteiger partial charge in [0.05, 0.1) is 6.42 Å². The summed E-state index contributed by atoms with van der Waals surface area (Å²) in [7, 11) is 0. The monoisotopic (exact) mass is 204 g/mol. The van der Waals surface area contributed by atoms with E-state index in [4.69, 9.17) is 17.0 Å². The zero-order valence-electron chi connectivity index (χ0n) is 7.45. The van der Waals surface area contributed by atoms with Crippen LogP contribution in [0, 0.1) is 0 Å². The minimum Gasteiger partial charge on any atom is -0.457 e. The second-order valence-corrected chi connectivity index (χ2v) is 4.11. The third-order valence-electron chi connectivity index (χ3n) is 2.84. The molecule has 3 heteroatoms. The van der Waals surface area contributed by atoms with Gasteiger partial charge in [-0.2, -0.15) is 0 Å². The summed E-state index contributed by atoms with van der Waals surface area (Å²) in [6.07, 6.45) is 7.13. The van der Waals surface area contributed by atoms with Crippen molar-refractivity contribution in [2.75, 3.05) is 0 Å². The Hall–Kier alpha value is -1.22. The first-order chi connectivity index (χ1) is 6.75. The lowest BCUT2D eigenvalue weighted by molar-refractivity contribution is -0.141. The molecule has 1 saturated heterocycles. The van der Waals surface area contributed by atoms with Gasteiger partial charge >= 0.3 is 5.97 Å². The number of carbonyl (C=O) groups is 1. The van der Waals surface area contributed by atoms with Crippen LogP contribution in [0.1, 0.15) is 12.8 Å². The molecule has 0 aromatic heterocycles. The number of hydrogen-bond acceptors (Lipinski definition) is 3. The molecule has 0 N–H and O–H groups in total. The molecule has 0 saturated carbocycles. The lowest BCUT2D eigenvalue weighted by Crippen LogP contribution is -2.04. The Morgan fingerprint density at radius 3 is 3.21 bits per heavy atom. The van der Waals surface area contributed by atoms with E-state index in [0.29, 0.717) is 6.42 Å². The van der Waals surface area contributed by atoms with E-state index < -0.39 is 0 Å². The summed E-state index contributed by atoms with van der Waals surface area (Å²) in [4.78, 5) is 11.9. The van der Waals surface area contributed by atoms with Crippen LogP contribution in [0.4, 0.5) is 0 Å². The molecular formula is C11H8O2S. The molecule has 0 aromatic carbocycles. The first-order valence-corrected chi connectivity index (χ1v) is 5.01. The van der Waals surface area contributed by atoms with Gasteiger partial charge in [0.2, 0.25) is 0 Å². The van der Waals surface area contributed by atoms with Crippen molar-refractivity contribution in [3.63, 3.8) is 0 Å². The lowest BCUT2D eigenvalue weighted by Gasteiger charge is -2.08. The maximum atomic E-state index is 11.1. The van der Waals surface area contributed by atoms with Gasteiger partial charge in [-0.15, -0.1) is 0 Å². The quantitative estimate of drug-likeness (QED) is 0.445. The van der Waals surface area contributed by atoms with Gasteiger partial charge in [0, 0.05) is 11.3 Å². The summed E-state index contributed by atoms with van der Waals surface area (Å²) in [5, 5.41) is 0. The van der Waals surface area contributed by atoms with E-state index in [1.807, 2.05) is 12.2 Å². The van der Waals surface area contributed by atoms with Gasteiger partial charge in [-0.25, -0.2) is 0 Å². The SMILES string of the molecule is O=C1CC2=C3C(=S)C=CC=C3CC2O1. The van der Waals surface area contributed by atoms with Crippen LogP contribution in [0.2, 0.25) is 0 Å². The van der Waals surface area contributed by atoms with Crippen molar-refractivity contribution in [1.82, 2.24) is 0 Å². The Kier molecular flexibility index (Phi) is 1.53. The maximum absolute atomic E-state index is 11.1. The number of fused-ring (bicyclic) bond motifs is 2. The number of ether oxygens (including phenoxy) is 1. The summed E-state index contributed by atoms with van der Waals surface area (Å²) in [5.41, 5.74) is 3.42. The van der Waals surface area contributed by atoms with Crippen molar-refractivity contribution in [2.45, 2.75) is 18.9 Å². The van der Waals surface area contributed by atoms with Crippen LogP contribution >= 0.6 is 12.2 Å². The standard InChI is InChI=1S/C11H8O2S/c12-10-5-7-8(13-10)4-6-2-1-3-9(14)11(6)7/h1-3,8H,4-5H2. The molecule has 0 spiro atoms. The van der Waals surface area contributed by atoms with Crippen LogP contribution in [-0.4, -0.2) is 16.9 Å². The molecule has 1 fully saturated rings. The largest absolute Gasteiger partial charge is 0.457 e. The van der Waals surface area contributed by atoms with E-state index in [1.165, 1.54) is 5.57 Å². The van der Waals surface area contributed by atoms with Gasteiger partial charge in [0.25, 0.3) is 0 Å². The van der Waals surface area contributed by atoms with E-state index >= 15 is 0 Å². The molecule has 70 valence electrons. The average molecular weight is 204 g/mol. The molecule has 0 bridgehead atoms. The summed E-state index contributed by atoms with van der Waals surface area (Å²) in [6.45, 7) is 0. The molecule has 1 heterocycles. The molecule has 2 aliphatic carbocycles. The highest BCUT2D eigenvalue weighted by Crippen LogP contribution is 2.41. The Balaban J connectivity index is 2.15. The fourth-order valence-corrected chi connectivity index (χ4v) is 2.61. The van der Waals surface area contributed by atoms with E-state index in [2.05, 4.69) is 6.08 Å². The summed E-state index contributed by atoms with van der Waals surface area (Å²) in [6, 6.07) is 0. The molecule has 14 heavy (non-hydrogen) atoms. The third-order valence-corrected chi connectivity index (χ3v) is 3.18. The normalized spacial score (nSPS) is 28.9. The Morgan fingerprint density at radius 2 is 2.36 bits per heavy atom. The predicted octanol–water partition coefficient (Wildman–Crippen LogP) is 1.87. The molecular weight excluding hydrogens is 196 g/mol. The van der Waals surface area contributed by atoms with Crippen molar-refractivity contribution in [2.24, 2.45) is 0 Å². The lowest BCUT2D eigenvalue weighted by atomic mass is 9.98. The highest BCUT2D eigenvalue weighted by atomic mass is 32.1. The van der Waals surface area contributed by atoms with Crippen LogP contribution in [0.5, 0.6) is 0 Å². The number of carbonyl (C=O) groups excluding carboxylic acids is 1. The topological polar surface area (TPSA) is 26.3 Å². The number of thiocarbonyl (C=S) groups is 1. The first-order valence-electron chi connectivity index (χ1n) is 4.60. The van der Waals surface area contributed by atoms with E-state index in [1.54, 1.807) is 0 Å². The zero-order chi connectivity index (χ0) is 9.71.